The van der Waals surface area contributed by atoms with Crippen LogP contribution in [0.15, 0.2) is 67.1 Å². The molecule has 1 aliphatic rings. The monoisotopic (exact) mass is 416 g/mol. The number of rotatable bonds is 7. The molecular formula is C23H20N4O4. The van der Waals surface area contributed by atoms with E-state index in [2.05, 4.69) is 15.3 Å². The molecule has 8 heteroatoms. The highest BCUT2D eigenvalue weighted by molar-refractivity contribution is 6.04. The minimum absolute atomic E-state index is 0.165. The maximum absolute atomic E-state index is 12.7. The summed E-state index contributed by atoms with van der Waals surface area (Å²) in [5.41, 5.74) is 2.15. The van der Waals surface area contributed by atoms with Gasteiger partial charge in [-0.2, -0.15) is 0 Å². The largest absolute Gasteiger partial charge is 0.485 e. The number of amides is 3. The predicted octanol–water partition coefficient (Wildman–Crippen LogP) is 2.96. The van der Waals surface area contributed by atoms with Gasteiger partial charge in [0.1, 0.15) is 6.61 Å². The Morgan fingerprint density at radius 1 is 0.935 bits per heavy atom. The molecule has 2 aromatic heterocycles. The van der Waals surface area contributed by atoms with E-state index in [1.165, 1.54) is 4.90 Å². The van der Waals surface area contributed by atoms with Gasteiger partial charge in [0, 0.05) is 37.0 Å². The standard InChI is InChI=1S/C23H20N4O4/c28-20-7-8-21(29)27(20)14-16-3-5-18(6-4-16)23(30)26-22-19(2-1-11-25-22)31-15-17-9-12-24-13-10-17/h1-6,9-13H,7-8,14-15H2,(H,25,26,30). The Balaban J connectivity index is 1.40. The zero-order valence-electron chi connectivity index (χ0n) is 16.7. The second-order valence-corrected chi connectivity index (χ2v) is 7.02. The van der Waals surface area contributed by atoms with Crippen LogP contribution in [0.25, 0.3) is 0 Å². The van der Waals surface area contributed by atoms with Crippen LogP contribution in [-0.2, 0) is 22.7 Å². The number of hydrogen-bond acceptors (Lipinski definition) is 6. The number of benzene rings is 1. The fourth-order valence-electron chi connectivity index (χ4n) is 3.16. The molecule has 0 bridgehead atoms. The number of anilines is 1. The van der Waals surface area contributed by atoms with Gasteiger partial charge in [-0.25, -0.2) is 4.98 Å². The van der Waals surface area contributed by atoms with Crippen LogP contribution >= 0.6 is 0 Å². The molecule has 1 aliphatic heterocycles. The Morgan fingerprint density at radius 3 is 2.35 bits per heavy atom. The van der Waals surface area contributed by atoms with Crippen LogP contribution < -0.4 is 10.1 Å². The lowest BCUT2D eigenvalue weighted by molar-refractivity contribution is -0.139. The van der Waals surface area contributed by atoms with Gasteiger partial charge in [-0.05, 0) is 47.5 Å². The summed E-state index contributed by atoms with van der Waals surface area (Å²) in [7, 11) is 0. The fraction of sp³-hybridized carbons (Fsp3) is 0.174. The molecule has 0 unspecified atom stereocenters. The summed E-state index contributed by atoms with van der Waals surface area (Å²) in [4.78, 5) is 45.6. The molecule has 3 heterocycles. The summed E-state index contributed by atoms with van der Waals surface area (Å²) in [5.74, 6) is 0.101. The van der Waals surface area contributed by atoms with E-state index in [0.717, 1.165) is 11.1 Å². The zero-order valence-corrected chi connectivity index (χ0v) is 16.7. The molecule has 3 amide bonds. The number of imide groups is 1. The van der Waals surface area contributed by atoms with Crippen LogP contribution in [-0.4, -0.2) is 32.6 Å². The smallest absolute Gasteiger partial charge is 0.256 e. The fourth-order valence-corrected chi connectivity index (χ4v) is 3.16. The van der Waals surface area contributed by atoms with Crippen molar-refractivity contribution in [3.63, 3.8) is 0 Å². The van der Waals surface area contributed by atoms with Gasteiger partial charge in [0.2, 0.25) is 11.8 Å². The van der Waals surface area contributed by atoms with Gasteiger partial charge in [-0.3, -0.25) is 24.3 Å². The number of ether oxygens (including phenoxy) is 1. The molecule has 0 saturated carbocycles. The third kappa shape index (κ3) is 4.92. The van der Waals surface area contributed by atoms with Crippen LogP contribution in [0.1, 0.15) is 34.3 Å². The van der Waals surface area contributed by atoms with E-state index in [0.29, 0.717) is 23.7 Å². The molecule has 1 fully saturated rings. The Bertz CT molecular complexity index is 1080. The molecule has 0 spiro atoms. The third-order valence-electron chi connectivity index (χ3n) is 4.86. The van der Waals surface area contributed by atoms with E-state index in [-0.39, 0.29) is 37.1 Å². The molecule has 1 saturated heterocycles. The second-order valence-electron chi connectivity index (χ2n) is 7.02. The maximum atomic E-state index is 12.7. The maximum Gasteiger partial charge on any atom is 0.256 e. The van der Waals surface area contributed by atoms with Gasteiger partial charge in [-0.15, -0.1) is 0 Å². The summed E-state index contributed by atoms with van der Waals surface area (Å²) < 4.78 is 5.80. The van der Waals surface area contributed by atoms with E-state index >= 15 is 0 Å². The summed E-state index contributed by atoms with van der Waals surface area (Å²) in [6, 6.07) is 13.9. The summed E-state index contributed by atoms with van der Waals surface area (Å²) in [6.07, 6.45) is 5.46. The average Bonchev–Trinajstić information content (AvgIpc) is 3.12. The van der Waals surface area contributed by atoms with Gasteiger partial charge in [0.25, 0.3) is 5.91 Å². The van der Waals surface area contributed by atoms with E-state index in [1.54, 1.807) is 55.0 Å². The van der Waals surface area contributed by atoms with Gasteiger partial charge in [-0.1, -0.05) is 12.1 Å². The van der Waals surface area contributed by atoms with Crippen molar-refractivity contribution in [2.45, 2.75) is 26.0 Å². The number of carbonyl (C=O) groups excluding carboxylic acids is 3. The molecule has 0 radical (unpaired) electrons. The second kappa shape index (κ2) is 9.17. The first kappa shape index (κ1) is 20.2. The summed E-state index contributed by atoms with van der Waals surface area (Å²) in [6.45, 7) is 0.534. The van der Waals surface area contributed by atoms with Gasteiger partial charge in [0.15, 0.2) is 11.6 Å². The lowest BCUT2D eigenvalue weighted by atomic mass is 10.1. The van der Waals surface area contributed by atoms with Crippen molar-refractivity contribution >= 4 is 23.5 Å². The Hall–Kier alpha value is -4.07. The topological polar surface area (TPSA) is 101 Å². The van der Waals surface area contributed by atoms with Crippen LogP contribution in [0.2, 0.25) is 0 Å². The lowest BCUT2D eigenvalue weighted by Crippen LogP contribution is -2.28. The van der Waals surface area contributed by atoms with Crippen molar-refractivity contribution in [2.24, 2.45) is 0 Å². The molecule has 0 aliphatic carbocycles. The Morgan fingerprint density at radius 2 is 1.65 bits per heavy atom. The van der Waals surface area contributed by atoms with Gasteiger partial charge in [0.05, 0.1) is 6.54 Å². The van der Waals surface area contributed by atoms with Crippen LogP contribution in [0, 0.1) is 0 Å². The molecular weight excluding hydrogens is 396 g/mol. The van der Waals surface area contributed by atoms with E-state index < -0.39 is 0 Å². The number of nitrogens with zero attached hydrogens (tertiary/aromatic N) is 3. The van der Waals surface area contributed by atoms with E-state index in [1.807, 2.05) is 12.1 Å². The molecule has 0 atom stereocenters. The van der Waals surface area contributed by atoms with Crippen molar-refractivity contribution < 1.29 is 19.1 Å². The van der Waals surface area contributed by atoms with Crippen molar-refractivity contribution in [3.05, 3.63) is 83.8 Å². The molecule has 31 heavy (non-hydrogen) atoms. The first-order valence-electron chi connectivity index (χ1n) is 9.80. The van der Waals surface area contributed by atoms with Crippen LogP contribution in [0.5, 0.6) is 5.75 Å². The number of aromatic nitrogens is 2. The average molecular weight is 416 g/mol. The van der Waals surface area contributed by atoms with Crippen molar-refractivity contribution in [1.82, 2.24) is 14.9 Å². The highest BCUT2D eigenvalue weighted by atomic mass is 16.5. The third-order valence-corrected chi connectivity index (χ3v) is 4.86. The Labute approximate surface area is 178 Å². The van der Waals surface area contributed by atoms with E-state index in [9.17, 15) is 14.4 Å². The quantitative estimate of drug-likeness (QED) is 0.594. The first-order chi connectivity index (χ1) is 15.1. The summed E-state index contributed by atoms with van der Waals surface area (Å²) in [5, 5.41) is 2.76. The molecule has 4 rings (SSSR count). The molecule has 8 nitrogen and oxygen atoms in total. The zero-order chi connectivity index (χ0) is 21.6. The molecule has 1 aromatic carbocycles. The first-order valence-corrected chi connectivity index (χ1v) is 9.80. The number of likely N-dealkylation sites (tertiary alicyclic amines) is 1. The predicted molar refractivity (Wildman–Crippen MR) is 112 cm³/mol. The SMILES string of the molecule is O=C(Nc1ncccc1OCc1ccncc1)c1ccc(CN2C(=O)CCC2=O)cc1. The van der Waals surface area contributed by atoms with Crippen LogP contribution in [0.4, 0.5) is 5.82 Å². The highest BCUT2D eigenvalue weighted by Gasteiger charge is 2.28. The summed E-state index contributed by atoms with van der Waals surface area (Å²) >= 11 is 0. The normalized spacial score (nSPS) is 13.4. The molecule has 3 aromatic rings. The highest BCUT2D eigenvalue weighted by Crippen LogP contribution is 2.23. The number of carbonyl (C=O) groups is 3. The number of nitrogens with one attached hydrogen (secondary N) is 1. The minimum atomic E-state index is -0.340. The van der Waals surface area contributed by atoms with Crippen molar-refractivity contribution in [3.8, 4) is 5.75 Å². The van der Waals surface area contributed by atoms with Crippen molar-refractivity contribution in [1.29, 1.82) is 0 Å². The van der Waals surface area contributed by atoms with Gasteiger partial charge < -0.3 is 10.1 Å². The van der Waals surface area contributed by atoms with Crippen LogP contribution in [0.3, 0.4) is 0 Å². The minimum Gasteiger partial charge on any atom is -0.485 e. The Kier molecular flexibility index (Phi) is 5.98. The lowest BCUT2D eigenvalue weighted by Gasteiger charge is -2.14. The van der Waals surface area contributed by atoms with Crippen molar-refractivity contribution in [2.75, 3.05) is 5.32 Å². The molecule has 1 N–H and O–H groups in total. The van der Waals surface area contributed by atoms with E-state index in [4.69, 9.17) is 4.74 Å². The number of pyridine rings is 2. The molecule has 156 valence electrons. The number of hydrogen-bond donors (Lipinski definition) is 1. The van der Waals surface area contributed by atoms with Gasteiger partial charge >= 0.3 is 0 Å².